The Labute approximate surface area is 183 Å². The van der Waals surface area contributed by atoms with Crippen molar-refractivity contribution in [3.8, 4) is 0 Å². The summed E-state index contributed by atoms with van der Waals surface area (Å²) in [5.41, 5.74) is 11.7. The molecule has 1 aromatic heterocycles. The Bertz CT molecular complexity index is 943. The summed E-state index contributed by atoms with van der Waals surface area (Å²) < 4.78 is 2.01. The van der Waals surface area contributed by atoms with Gasteiger partial charge in [0.25, 0.3) is 0 Å². The van der Waals surface area contributed by atoms with E-state index in [-0.39, 0.29) is 30.7 Å². The van der Waals surface area contributed by atoms with Gasteiger partial charge in [0.05, 0.1) is 18.1 Å². The van der Waals surface area contributed by atoms with Crippen LogP contribution in [0.4, 0.5) is 5.69 Å². The maximum Gasteiger partial charge on any atom is 0.241 e. The minimum atomic E-state index is -0.627. The fourth-order valence-corrected chi connectivity index (χ4v) is 3.60. The van der Waals surface area contributed by atoms with Crippen molar-refractivity contribution < 1.29 is 4.79 Å². The monoisotopic (exact) mass is 432 g/mol. The number of hydrogen-bond acceptors (Lipinski definition) is 3. The molecule has 5 nitrogen and oxygen atoms in total. The van der Waals surface area contributed by atoms with Crippen LogP contribution in [0.15, 0.2) is 61.1 Å². The van der Waals surface area contributed by atoms with Crippen LogP contribution in [0.25, 0.3) is 0 Å². The van der Waals surface area contributed by atoms with Gasteiger partial charge in [-0.25, -0.2) is 4.98 Å². The molecule has 29 heavy (non-hydrogen) atoms. The van der Waals surface area contributed by atoms with Gasteiger partial charge in [-0.1, -0.05) is 36.4 Å². The van der Waals surface area contributed by atoms with Crippen LogP contribution in [0.5, 0.6) is 0 Å². The van der Waals surface area contributed by atoms with Gasteiger partial charge in [0.1, 0.15) is 0 Å². The first kappa shape index (κ1) is 22.9. The third-order valence-electron chi connectivity index (χ3n) is 5.03. The molecule has 1 aliphatic rings. The average molecular weight is 433 g/mol. The number of anilines is 1. The summed E-state index contributed by atoms with van der Waals surface area (Å²) in [5, 5.41) is 2.94. The van der Waals surface area contributed by atoms with E-state index in [4.69, 9.17) is 5.73 Å². The maximum atomic E-state index is 12.4. The summed E-state index contributed by atoms with van der Waals surface area (Å²) in [6.07, 6.45) is 7.57. The van der Waals surface area contributed by atoms with Gasteiger partial charge in [0, 0.05) is 24.8 Å². The highest BCUT2D eigenvalue weighted by molar-refractivity contribution is 5.95. The number of carbonyl (C=O) groups excluding carboxylic acids is 1. The fraction of sp³-hybridized carbons (Fsp3) is 0.273. The first-order valence-corrected chi connectivity index (χ1v) is 9.40. The van der Waals surface area contributed by atoms with Crippen LogP contribution >= 0.6 is 24.8 Å². The van der Waals surface area contributed by atoms with E-state index in [1.807, 2.05) is 35.0 Å². The lowest BCUT2D eigenvalue weighted by molar-refractivity contribution is -0.117. The number of nitrogens with one attached hydrogen (secondary N) is 1. The van der Waals surface area contributed by atoms with Crippen LogP contribution in [0.1, 0.15) is 28.8 Å². The molecule has 0 unspecified atom stereocenters. The lowest BCUT2D eigenvalue weighted by Gasteiger charge is -2.12. The van der Waals surface area contributed by atoms with Gasteiger partial charge in [-0.15, -0.1) is 24.8 Å². The number of aromatic nitrogens is 2. The average Bonchev–Trinajstić information content (AvgIpc) is 3.31. The molecule has 1 heterocycles. The molecule has 0 bridgehead atoms. The quantitative estimate of drug-likeness (QED) is 0.622. The largest absolute Gasteiger partial charge is 0.333 e. The highest BCUT2D eigenvalue weighted by Gasteiger charge is 2.17. The zero-order valence-electron chi connectivity index (χ0n) is 16.1. The van der Waals surface area contributed by atoms with Crippen LogP contribution in [-0.2, 0) is 30.6 Å². The second-order valence-corrected chi connectivity index (χ2v) is 7.16. The molecule has 1 aliphatic carbocycles. The van der Waals surface area contributed by atoms with Gasteiger partial charge in [-0.2, -0.15) is 0 Å². The topological polar surface area (TPSA) is 72.9 Å². The number of nitrogens with two attached hydrogens (primary N) is 1. The molecule has 0 fully saturated rings. The van der Waals surface area contributed by atoms with Crippen LogP contribution in [0.2, 0.25) is 0 Å². The number of benzene rings is 2. The van der Waals surface area contributed by atoms with Crippen molar-refractivity contribution in [3.63, 3.8) is 0 Å². The van der Waals surface area contributed by atoms with E-state index in [2.05, 4.69) is 34.6 Å². The minimum absolute atomic E-state index is 0. The van der Waals surface area contributed by atoms with Gasteiger partial charge in [0.2, 0.25) is 5.91 Å². The summed E-state index contributed by atoms with van der Waals surface area (Å²) in [5.74, 6) is -0.175. The van der Waals surface area contributed by atoms with Gasteiger partial charge in [-0.3, -0.25) is 4.79 Å². The van der Waals surface area contributed by atoms with Crippen molar-refractivity contribution in [3.05, 3.63) is 83.4 Å². The van der Waals surface area contributed by atoms with E-state index < -0.39 is 6.04 Å². The molecule has 4 rings (SSSR count). The van der Waals surface area contributed by atoms with E-state index in [0.717, 1.165) is 30.8 Å². The lowest BCUT2D eigenvalue weighted by atomic mass is 10.1. The van der Waals surface area contributed by atoms with Crippen molar-refractivity contribution in [2.45, 2.75) is 38.3 Å². The highest BCUT2D eigenvalue weighted by Crippen LogP contribution is 2.25. The second-order valence-electron chi connectivity index (χ2n) is 7.16. The van der Waals surface area contributed by atoms with Crippen molar-refractivity contribution in [2.75, 3.05) is 5.32 Å². The number of carbonyl (C=O) groups is 1. The van der Waals surface area contributed by atoms with E-state index in [0.29, 0.717) is 6.42 Å². The van der Waals surface area contributed by atoms with E-state index in [1.165, 1.54) is 23.1 Å². The SMILES string of the molecule is Cl.Cl.N[C@@H](Cc1cn(Cc2ccccc2)cn1)C(=O)Nc1ccc2c(c1)CCC2. The Kier molecular flexibility index (Phi) is 8.26. The molecule has 0 saturated carbocycles. The first-order valence-electron chi connectivity index (χ1n) is 9.40. The molecular formula is C22H26Cl2N4O. The zero-order valence-corrected chi connectivity index (χ0v) is 17.7. The third kappa shape index (κ3) is 5.82. The molecule has 3 aromatic rings. The van der Waals surface area contributed by atoms with Crippen LogP contribution in [0, 0.1) is 0 Å². The van der Waals surface area contributed by atoms with Crippen LogP contribution in [-0.4, -0.2) is 21.5 Å². The second kappa shape index (κ2) is 10.4. The summed E-state index contributed by atoms with van der Waals surface area (Å²) in [7, 11) is 0. The van der Waals surface area contributed by atoms with Crippen molar-refractivity contribution in [2.24, 2.45) is 5.73 Å². The fourth-order valence-electron chi connectivity index (χ4n) is 3.60. The van der Waals surface area contributed by atoms with Gasteiger partial charge >= 0.3 is 0 Å². The lowest BCUT2D eigenvalue weighted by Crippen LogP contribution is -2.37. The minimum Gasteiger partial charge on any atom is -0.333 e. The summed E-state index contributed by atoms with van der Waals surface area (Å²) in [6.45, 7) is 0.754. The molecule has 2 aromatic carbocycles. The summed E-state index contributed by atoms with van der Waals surface area (Å²) >= 11 is 0. The third-order valence-corrected chi connectivity index (χ3v) is 5.03. The number of aryl methyl sites for hydroxylation is 2. The number of imidazole rings is 1. The molecule has 0 radical (unpaired) electrons. The molecule has 3 N–H and O–H groups in total. The smallest absolute Gasteiger partial charge is 0.241 e. The molecule has 7 heteroatoms. The molecule has 154 valence electrons. The zero-order chi connectivity index (χ0) is 18.6. The number of nitrogens with zero attached hydrogens (tertiary/aromatic N) is 2. The van der Waals surface area contributed by atoms with Gasteiger partial charge in [-0.05, 0) is 48.1 Å². The predicted octanol–water partition coefficient (Wildman–Crippen LogP) is 3.77. The number of fused-ring (bicyclic) bond motifs is 1. The maximum absolute atomic E-state index is 12.4. The molecule has 1 amide bonds. The van der Waals surface area contributed by atoms with Crippen molar-refractivity contribution in [1.82, 2.24) is 9.55 Å². The molecule has 0 saturated heterocycles. The number of rotatable bonds is 6. The number of hydrogen-bond donors (Lipinski definition) is 2. The van der Waals surface area contributed by atoms with Crippen molar-refractivity contribution in [1.29, 1.82) is 0 Å². The standard InChI is InChI=1S/C22H24N4O.2ClH/c23-21(22(27)25-19-10-9-17-7-4-8-18(17)11-19)12-20-14-26(15-24-20)13-16-5-2-1-3-6-16;;/h1-3,5-6,9-11,14-15,21H,4,7-8,12-13,23H2,(H,25,27);2*1H/t21-;;/m0../s1. The van der Waals surface area contributed by atoms with Crippen LogP contribution < -0.4 is 11.1 Å². The summed E-state index contributed by atoms with van der Waals surface area (Å²) in [6, 6.07) is 15.7. The van der Waals surface area contributed by atoms with E-state index in [1.54, 1.807) is 6.33 Å². The Balaban J connectivity index is 0.00000150. The normalized spacial score (nSPS) is 13.0. The predicted molar refractivity (Wildman–Crippen MR) is 121 cm³/mol. The Hall–Kier alpha value is -2.34. The Morgan fingerprint density at radius 1 is 1.10 bits per heavy atom. The molecular weight excluding hydrogens is 407 g/mol. The molecule has 0 spiro atoms. The first-order chi connectivity index (χ1) is 13.2. The van der Waals surface area contributed by atoms with Crippen molar-refractivity contribution >= 4 is 36.4 Å². The van der Waals surface area contributed by atoms with E-state index in [9.17, 15) is 4.79 Å². The van der Waals surface area contributed by atoms with Crippen LogP contribution in [0.3, 0.4) is 0 Å². The summed E-state index contributed by atoms with van der Waals surface area (Å²) in [4.78, 5) is 16.8. The Morgan fingerprint density at radius 3 is 2.66 bits per heavy atom. The number of halogens is 2. The number of amides is 1. The molecule has 0 aliphatic heterocycles. The van der Waals surface area contributed by atoms with Gasteiger partial charge < -0.3 is 15.6 Å². The Morgan fingerprint density at radius 2 is 1.86 bits per heavy atom. The highest BCUT2D eigenvalue weighted by atomic mass is 35.5. The van der Waals surface area contributed by atoms with Gasteiger partial charge in [0.15, 0.2) is 0 Å². The van der Waals surface area contributed by atoms with E-state index >= 15 is 0 Å². The molecule has 1 atom stereocenters.